The van der Waals surface area contributed by atoms with E-state index in [1.165, 1.54) is 0 Å². The molecule has 0 fully saturated rings. The number of hydrogen-bond donors (Lipinski definition) is 1. The summed E-state index contributed by atoms with van der Waals surface area (Å²) in [7, 11) is 1.55. The third kappa shape index (κ3) is 3.11. The van der Waals surface area contributed by atoms with Gasteiger partial charge in [-0.15, -0.1) is 0 Å². The number of benzene rings is 2. The van der Waals surface area contributed by atoms with Crippen LogP contribution in [0.1, 0.15) is 21.5 Å². The van der Waals surface area contributed by atoms with E-state index in [1.54, 1.807) is 25.3 Å². The molecule has 0 unspecified atom stereocenters. The number of halogens is 1. The Bertz CT molecular complexity index is 653. The minimum absolute atomic E-state index is 0.0767. The average molecular weight is 290 g/mol. The molecule has 0 amide bonds. The Morgan fingerprint density at radius 1 is 1.25 bits per heavy atom. The lowest BCUT2D eigenvalue weighted by molar-refractivity contribution is 0.0993. The fourth-order valence-electron chi connectivity index (χ4n) is 1.97. The Hall–Kier alpha value is -2.00. The van der Waals surface area contributed by atoms with E-state index in [0.29, 0.717) is 22.0 Å². The molecule has 4 heteroatoms. The number of ether oxygens (including phenoxy) is 1. The van der Waals surface area contributed by atoms with Gasteiger partial charge in [-0.05, 0) is 42.3 Å². The molecule has 3 nitrogen and oxygen atoms in total. The number of nitrogens with two attached hydrogens (primary N) is 1. The fraction of sp³-hybridized carbons (Fsp3) is 0.188. The van der Waals surface area contributed by atoms with Crippen LogP contribution in [0.2, 0.25) is 5.02 Å². The Morgan fingerprint density at radius 3 is 2.65 bits per heavy atom. The maximum atomic E-state index is 12.3. The molecule has 0 atom stereocenters. The van der Waals surface area contributed by atoms with Crippen molar-refractivity contribution < 1.29 is 9.53 Å². The van der Waals surface area contributed by atoms with Gasteiger partial charge < -0.3 is 10.5 Å². The predicted molar refractivity (Wildman–Crippen MR) is 81.6 cm³/mol. The van der Waals surface area contributed by atoms with Crippen LogP contribution in [-0.4, -0.2) is 12.9 Å². The molecule has 0 spiro atoms. The Labute approximate surface area is 123 Å². The fourth-order valence-corrected chi connectivity index (χ4v) is 2.27. The van der Waals surface area contributed by atoms with E-state index >= 15 is 0 Å². The third-order valence-electron chi connectivity index (χ3n) is 3.12. The molecule has 0 aliphatic rings. The van der Waals surface area contributed by atoms with Crippen LogP contribution < -0.4 is 10.5 Å². The summed E-state index contributed by atoms with van der Waals surface area (Å²) in [5.41, 5.74) is 8.61. The Balaban J connectivity index is 2.28. The van der Waals surface area contributed by atoms with Gasteiger partial charge in [-0.3, -0.25) is 4.79 Å². The zero-order valence-electron chi connectivity index (χ0n) is 11.4. The molecular weight excluding hydrogens is 274 g/mol. The summed E-state index contributed by atoms with van der Waals surface area (Å²) in [6, 6.07) is 10.7. The minimum atomic E-state index is -0.0767. The topological polar surface area (TPSA) is 52.3 Å². The summed E-state index contributed by atoms with van der Waals surface area (Å²) >= 11 is 6.15. The number of rotatable bonds is 4. The lowest BCUT2D eigenvalue weighted by Gasteiger charge is -2.09. The lowest BCUT2D eigenvalue weighted by atomic mass is 10.0. The molecule has 2 aromatic carbocycles. The molecule has 0 heterocycles. The molecule has 0 aliphatic carbocycles. The molecule has 0 aliphatic heterocycles. The van der Waals surface area contributed by atoms with Crippen molar-refractivity contribution in [3.63, 3.8) is 0 Å². The molecule has 0 saturated heterocycles. The lowest BCUT2D eigenvalue weighted by Crippen LogP contribution is -2.08. The highest BCUT2D eigenvalue weighted by Gasteiger charge is 2.13. The molecule has 2 rings (SSSR count). The second-order valence-electron chi connectivity index (χ2n) is 4.65. The van der Waals surface area contributed by atoms with Gasteiger partial charge in [0.2, 0.25) is 0 Å². The summed E-state index contributed by atoms with van der Waals surface area (Å²) in [6.07, 6.45) is 0.219. The van der Waals surface area contributed by atoms with Gasteiger partial charge in [-0.1, -0.05) is 23.7 Å². The van der Waals surface area contributed by atoms with Gasteiger partial charge in [0.15, 0.2) is 5.78 Å². The Kier molecular flexibility index (Phi) is 4.30. The van der Waals surface area contributed by atoms with E-state index in [9.17, 15) is 4.79 Å². The molecule has 0 aromatic heterocycles. The zero-order valence-corrected chi connectivity index (χ0v) is 12.2. The highest BCUT2D eigenvalue weighted by atomic mass is 35.5. The van der Waals surface area contributed by atoms with Crippen molar-refractivity contribution >= 4 is 23.1 Å². The van der Waals surface area contributed by atoms with Crippen LogP contribution in [0, 0.1) is 6.92 Å². The van der Waals surface area contributed by atoms with Gasteiger partial charge >= 0.3 is 0 Å². The van der Waals surface area contributed by atoms with Crippen LogP contribution >= 0.6 is 11.6 Å². The maximum Gasteiger partial charge on any atom is 0.169 e. The Morgan fingerprint density at radius 2 is 2.00 bits per heavy atom. The standard InChI is InChI=1S/C16H16ClNO2/c1-10-3-4-11(14(17)7-10)8-16(19)13-9-12(20-2)5-6-15(13)18/h3-7,9H,8,18H2,1-2H3. The van der Waals surface area contributed by atoms with Crippen molar-refractivity contribution in [2.24, 2.45) is 0 Å². The first-order valence-corrected chi connectivity index (χ1v) is 6.61. The van der Waals surface area contributed by atoms with Gasteiger partial charge in [0, 0.05) is 22.7 Å². The second-order valence-corrected chi connectivity index (χ2v) is 5.06. The smallest absolute Gasteiger partial charge is 0.169 e. The summed E-state index contributed by atoms with van der Waals surface area (Å²) in [6.45, 7) is 1.96. The number of aryl methyl sites for hydroxylation is 1. The molecule has 0 saturated carbocycles. The summed E-state index contributed by atoms with van der Waals surface area (Å²) < 4.78 is 5.12. The molecule has 2 aromatic rings. The van der Waals surface area contributed by atoms with Gasteiger partial charge in [-0.25, -0.2) is 0 Å². The summed E-state index contributed by atoms with van der Waals surface area (Å²) in [4.78, 5) is 12.3. The van der Waals surface area contributed by atoms with Crippen molar-refractivity contribution in [1.29, 1.82) is 0 Å². The van der Waals surface area contributed by atoms with Crippen LogP contribution in [-0.2, 0) is 6.42 Å². The first-order valence-electron chi connectivity index (χ1n) is 6.23. The van der Waals surface area contributed by atoms with Crippen molar-refractivity contribution in [2.75, 3.05) is 12.8 Å². The van der Waals surface area contributed by atoms with Crippen LogP contribution in [0.5, 0.6) is 5.75 Å². The SMILES string of the molecule is COc1ccc(N)c(C(=O)Cc2ccc(C)cc2Cl)c1. The largest absolute Gasteiger partial charge is 0.497 e. The van der Waals surface area contributed by atoms with Gasteiger partial charge in [0.25, 0.3) is 0 Å². The van der Waals surface area contributed by atoms with Crippen molar-refractivity contribution in [3.05, 3.63) is 58.1 Å². The predicted octanol–water partition coefficient (Wildman–Crippen LogP) is 3.66. The number of carbonyl (C=O) groups is 1. The van der Waals surface area contributed by atoms with Crippen LogP contribution in [0.4, 0.5) is 5.69 Å². The molecule has 104 valence electrons. The average Bonchev–Trinajstić information content (AvgIpc) is 2.42. The number of anilines is 1. The van der Waals surface area contributed by atoms with E-state index in [-0.39, 0.29) is 12.2 Å². The van der Waals surface area contributed by atoms with E-state index in [2.05, 4.69) is 0 Å². The number of nitrogen functional groups attached to an aromatic ring is 1. The van der Waals surface area contributed by atoms with Crippen LogP contribution in [0.3, 0.4) is 0 Å². The number of methoxy groups -OCH3 is 1. The quantitative estimate of drug-likeness (QED) is 0.690. The van der Waals surface area contributed by atoms with E-state index in [4.69, 9.17) is 22.1 Å². The highest BCUT2D eigenvalue weighted by Crippen LogP contribution is 2.24. The van der Waals surface area contributed by atoms with E-state index < -0.39 is 0 Å². The van der Waals surface area contributed by atoms with Gasteiger partial charge in [0.1, 0.15) is 5.75 Å². The molecular formula is C16H16ClNO2. The zero-order chi connectivity index (χ0) is 14.7. The first-order chi connectivity index (χ1) is 9.51. The van der Waals surface area contributed by atoms with Gasteiger partial charge in [0.05, 0.1) is 7.11 Å². The van der Waals surface area contributed by atoms with Crippen molar-refractivity contribution in [2.45, 2.75) is 13.3 Å². The van der Waals surface area contributed by atoms with E-state index in [1.807, 2.05) is 25.1 Å². The highest BCUT2D eigenvalue weighted by molar-refractivity contribution is 6.31. The first kappa shape index (κ1) is 14.4. The van der Waals surface area contributed by atoms with E-state index in [0.717, 1.165) is 11.1 Å². The van der Waals surface area contributed by atoms with Crippen LogP contribution in [0.15, 0.2) is 36.4 Å². The normalized spacial score (nSPS) is 10.3. The van der Waals surface area contributed by atoms with Crippen LogP contribution in [0.25, 0.3) is 0 Å². The molecule has 20 heavy (non-hydrogen) atoms. The monoisotopic (exact) mass is 289 g/mol. The maximum absolute atomic E-state index is 12.3. The minimum Gasteiger partial charge on any atom is -0.497 e. The van der Waals surface area contributed by atoms with Gasteiger partial charge in [-0.2, -0.15) is 0 Å². The number of hydrogen-bond acceptors (Lipinski definition) is 3. The number of ketones is 1. The van der Waals surface area contributed by atoms with Crippen molar-refractivity contribution in [1.82, 2.24) is 0 Å². The summed E-state index contributed by atoms with van der Waals surface area (Å²) in [5.74, 6) is 0.532. The molecule has 0 radical (unpaired) electrons. The van der Waals surface area contributed by atoms with Crippen molar-refractivity contribution in [3.8, 4) is 5.75 Å². The molecule has 2 N–H and O–H groups in total. The third-order valence-corrected chi connectivity index (χ3v) is 3.47. The number of carbonyl (C=O) groups excluding carboxylic acids is 1. The molecule has 0 bridgehead atoms. The number of Topliss-reactive ketones (excluding diaryl/α,β-unsaturated/α-hetero) is 1. The second kappa shape index (κ2) is 5.97. The summed E-state index contributed by atoms with van der Waals surface area (Å²) in [5, 5.41) is 0.597.